The maximum absolute atomic E-state index is 13.0. The molecule has 0 bridgehead atoms. The Bertz CT molecular complexity index is 646. The number of hydrogen-bond donors (Lipinski definition) is 0. The van der Waals surface area contributed by atoms with E-state index in [0.29, 0.717) is 0 Å². The average molecular weight is 360 g/mol. The lowest BCUT2D eigenvalue weighted by molar-refractivity contribution is 0.424. The molecule has 5 nitrogen and oxygen atoms in total. The Kier molecular flexibility index (Phi) is 6.08. The lowest BCUT2D eigenvalue weighted by atomic mass is 10.3. The van der Waals surface area contributed by atoms with Gasteiger partial charge in [-0.15, -0.1) is 0 Å². The maximum atomic E-state index is 13.0. The SMILES string of the molecule is N#CCCN(CCC#N)S(=O)(=O)c1ccc(F)cc1Br. The summed E-state index contributed by atoms with van der Waals surface area (Å²) in [5.74, 6) is -0.559. The van der Waals surface area contributed by atoms with Crippen LogP contribution >= 0.6 is 15.9 Å². The maximum Gasteiger partial charge on any atom is 0.244 e. The van der Waals surface area contributed by atoms with Crippen LogP contribution < -0.4 is 0 Å². The molecule has 20 heavy (non-hydrogen) atoms. The predicted molar refractivity (Wildman–Crippen MR) is 73.3 cm³/mol. The monoisotopic (exact) mass is 359 g/mol. The molecule has 0 radical (unpaired) electrons. The average Bonchev–Trinajstić information content (AvgIpc) is 2.38. The van der Waals surface area contributed by atoms with Gasteiger partial charge in [0.1, 0.15) is 5.82 Å². The van der Waals surface area contributed by atoms with E-state index in [1.807, 2.05) is 12.1 Å². The fourth-order valence-corrected chi connectivity index (χ4v) is 3.98. The smallest absolute Gasteiger partial charge is 0.207 e. The number of benzene rings is 1. The van der Waals surface area contributed by atoms with Crippen LogP contribution in [0, 0.1) is 28.5 Å². The summed E-state index contributed by atoms with van der Waals surface area (Å²) >= 11 is 3.01. The molecule has 0 spiro atoms. The fourth-order valence-electron chi connectivity index (χ4n) is 1.53. The second kappa shape index (κ2) is 7.34. The lowest BCUT2D eigenvalue weighted by Crippen LogP contribution is -2.33. The van der Waals surface area contributed by atoms with Crippen molar-refractivity contribution in [2.75, 3.05) is 13.1 Å². The highest BCUT2D eigenvalue weighted by atomic mass is 79.9. The van der Waals surface area contributed by atoms with E-state index in [4.69, 9.17) is 10.5 Å². The van der Waals surface area contributed by atoms with Gasteiger partial charge in [0.25, 0.3) is 0 Å². The van der Waals surface area contributed by atoms with Crippen molar-refractivity contribution in [3.8, 4) is 12.1 Å². The minimum Gasteiger partial charge on any atom is -0.207 e. The molecule has 0 saturated heterocycles. The first-order chi connectivity index (χ1) is 9.43. The molecule has 106 valence electrons. The second-order valence-corrected chi connectivity index (χ2v) is 6.56. The molecular formula is C12H11BrFN3O2S. The predicted octanol–water partition coefficient (Wildman–Crippen LogP) is 2.41. The van der Waals surface area contributed by atoms with E-state index in [-0.39, 0.29) is 35.3 Å². The van der Waals surface area contributed by atoms with Gasteiger partial charge in [0.05, 0.1) is 17.0 Å². The molecule has 0 aromatic heterocycles. The third-order valence-electron chi connectivity index (χ3n) is 2.46. The summed E-state index contributed by atoms with van der Waals surface area (Å²) in [5, 5.41) is 17.1. The number of sulfonamides is 1. The topological polar surface area (TPSA) is 85.0 Å². The van der Waals surface area contributed by atoms with Crippen molar-refractivity contribution in [3.63, 3.8) is 0 Å². The van der Waals surface area contributed by atoms with Crippen molar-refractivity contribution in [1.29, 1.82) is 10.5 Å². The van der Waals surface area contributed by atoms with Crippen molar-refractivity contribution >= 4 is 26.0 Å². The van der Waals surface area contributed by atoms with Crippen molar-refractivity contribution in [1.82, 2.24) is 4.31 Å². The van der Waals surface area contributed by atoms with E-state index in [1.54, 1.807) is 0 Å². The van der Waals surface area contributed by atoms with Crippen LogP contribution in [0.4, 0.5) is 4.39 Å². The zero-order valence-corrected chi connectivity index (χ0v) is 12.8. The number of nitrogens with zero attached hydrogens (tertiary/aromatic N) is 3. The standard InChI is InChI=1S/C12H11BrFN3O2S/c13-11-9-10(14)3-4-12(11)20(18,19)17(7-1-5-15)8-2-6-16/h3-4,9H,1-2,7-8H2. The van der Waals surface area contributed by atoms with E-state index in [0.717, 1.165) is 22.5 Å². The number of rotatable bonds is 6. The summed E-state index contributed by atoms with van der Waals surface area (Å²) in [6.07, 6.45) is 0.0347. The van der Waals surface area contributed by atoms with Gasteiger partial charge in [-0.05, 0) is 34.1 Å². The van der Waals surface area contributed by atoms with Crippen molar-refractivity contribution in [3.05, 3.63) is 28.5 Å². The summed E-state index contributed by atoms with van der Waals surface area (Å²) in [6.45, 7) is -0.0192. The van der Waals surface area contributed by atoms with Crippen LogP contribution in [0.1, 0.15) is 12.8 Å². The van der Waals surface area contributed by atoms with Gasteiger partial charge in [-0.25, -0.2) is 12.8 Å². The largest absolute Gasteiger partial charge is 0.244 e. The van der Waals surface area contributed by atoms with Crippen LogP contribution in [0.5, 0.6) is 0 Å². The second-order valence-electron chi connectivity index (χ2n) is 3.80. The Hall–Kier alpha value is -1.48. The zero-order chi connectivity index (χ0) is 15.2. The highest BCUT2D eigenvalue weighted by Gasteiger charge is 2.26. The van der Waals surface area contributed by atoms with Gasteiger partial charge >= 0.3 is 0 Å². The van der Waals surface area contributed by atoms with Gasteiger partial charge in [0.15, 0.2) is 0 Å². The van der Waals surface area contributed by atoms with Crippen LogP contribution in [0.3, 0.4) is 0 Å². The Morgan fingerprint density at radius 3 is 2.20 bits per heavy atom. The molecule has 0 aliphatic heterocycles. The van der Waals surface area contributed by atoms with Gasteiger partial charge in [-0.3, -0.25) is 0 Å². The van der Waals surface area contributed by atoms with Gasteiger partial charge in [-0.1, -0.05) is 0 Å². The molecule has 0 saturated carbocycles. The lowest BCUT2D eigenvalue weighted by Gasteiger charge is -2.20. The van der Waals surface area contributed by atoms with Gasteiger partial charge in [0.2, 0.25) is 10.0 Å². The van der Waals surface area contributed by atoms with Crippen molar-refractivity contribution < 1.29 is 12.8 Å². The van der Waals surface area contributed by atoms with Gasteiger partial charge < -0.3 is 0 Å². The summed E-state index contributed by atoms with van der Waals surface area (Å²) in [5.41, 5.74) is 0. The highest BCUT2D eigenvalue weighted by Crippen LogP contribution is 2.26. The van der Waals surface area contributed by atoms with E-state index in [9.17, 15) is 12.8 Å². The van der Waals surface area contributed by atoms with E-state index >= 15 is 0 Å². The van der Waals surface area contributed by atoms with E-state index in [2.05, 4.69) is 15.9 Å². The summed E-state index contributed by atoms with van der Waals surface area (Å²) < 4.78 is 39.0. The molecule has 0 fully saturated rings. The number of nitriles is 2. The van der Waals surface area contributed by atoms with Crippen LogP contribution in [0.15, 0.2) is 27.6 Å². The summed E-state index contributed by atoms with van der Waals surface area (Å²) in [7, 11) is -3.88. The Balaban J connectivity index is 3.15. The normalized spacial score (nSPS) is 11.1. The van der Waals surface area contributed by atoms with Gasteiger partial charge in [-0.2, -0.15) is 14.8 Å². The molecule has 1 aromatic rings. The van der Waals surface area contributed by atoms with Crippen LogP contribution in [0.2, 0.25) is 0 Å². The third kappa shape index (κ3) is 4.01. The Morgan fingerprint density at radius 1 is 1.20 bits per heavy atom. The number of hydrogen-bond acceptors (Lipinski definition) is 4. The van der Waals surface area contributed by atoms with E-state index in [1.165, 1.54) is 0 Å². The van der Waals surface area contributed by atoms with Crippen molar-refractivity contribution in [2.24, 2.45) is 0 Å². The molecule has 8 heteroatoms. The number of halogens is 2. The molecular weight excluding hydrogens is 349 g/mol. The minimum absolute atomic E-state index is 0.00959. The van der Waals surface area contributed by atoms with Crippen LogP contribution in [-0.2, 0) is 10.0 Å². The molecule has 0 aliphatic carbocycles. The summed E-state index contributed by atoms with van der Waals surface area (Å²) in [6, 6.07) is 6.98. The summed E-state index contributed by atoms with van der Waals surface area (Å²) in [4.78, 5) is -0.0882. The molecule has 0 N–H and O–H groups in total. The first kappa shape index (κ1) is 16.6. The zero-order valence-electron chi connectivity index (χ0n) is 10.4. The molecule has 0 heterocycles. The Labute approximate surface area is 125 Å². The quantitative estimate of drug-likeness (QED) is 0.780. The van der Waals surface area contributed by atoms with Crippen LogP contribution in [-0.4, -0.2) is 25.8 Å². The minimum atomic E-state index is -3.88. The fraction of sp³-hybridized carbons (Fsp3) is 0.333. The third-order valence-corrected chi connectivity index (χ3v) is 5.33. The van der Waals surface area contributed by atoms with Gasteiger partial charge in [0, 0.05) is 30.4 Å². The Morgan fingerprint density at radius 2 is 1.75 bits per heavy atom. The highest BCUT2D eigenvalue weighted by molar-refractivity contribution is 9.10. The molecule has 1 rings (SSSR count). The molecule has 0 amide bonds. The van der Waals surface area contributed by atoms with E-state index < -0.39 is 15.8 Å². The van der Waals surface area contributed by atoms with Crippen LogP contribution in [0.25, 0.3) is 0 Å². The van der Waals surface area contributed by atoms with Crippen molar-refractivity contribution in [2.45, 2.75) is 17.7 Å². The molecule has 1 aromatic carbocycles. The molecule has 0 atom stereocenters. The first-order valence-electron chi connectivity index (χ1n) is 5.62. The molecule has 0 unspecified atom stereocenters. The first-order valence-corrected chi connectivity index (χ1v) is 7.86. The molecule has 0 aliphatic rings.